The lowest BCUT2D eigenvalue weighted by molar-refractivity contribution is 0.0535. The molecule has 0 unspecified atom stereocenters. The summed E-state index contributed by atoms with van der Waals surface area (Å²) in [4.78, 5) is 6.75. The van der Waals surface area contributed by atoms with Gasteiger partial charge in [-0.1, -0.05) is 35.5 Å². The fourth-order valence-electron chi connectivity index (χ4n) is 2.87. The van der Waals surface area contributed by atoms with Crippen molar-refractivity contribution in [3.05, 3.63) is 53.1 Å². The van der Waals surface area contributed by atoms with Gasteiger partial charge in [0.1, 0.15) is 6.23 Å². The minimum absolute atomic E-state index is 0.0361. The van der Waals surface area contributed by atoms with Gasteiger partial charge < -0.3 is 9.64 Å². The van der Waals surface area contributed by atoms with Crippen LogP contribution in [0.1, 0.15) is 11.8 Å². The molecule has 1 saturated heterocycles. The number of benzene rings is 2. The molecule has 2 aromatic carbocycles. The van der Waals surface area contributed by atoms with Gasteiger partial charge in [0, 0.05) is 37.1 Å². The van der Waals surface area contributed by atoms with E-state index in [-0.39, 0.29) is 12.3 Å². The van der Waals surface area contributed by atoms with Gasteiger partial charge in [-0.3, -0.25) is 5.32 Å². The van der Waals surface area contributed by atoms with Crippen molar-refractivity contribution in [3.8, 4) is 0 Å². The van der Waals surface area contributed by atoms with Crippen LogP contribution in [0.2, 0.25) is 5.02 Å². The summed E-state index contributed by atoms with van der Waals surface area (Å²) < 4.78 is 8.40. The van der Waals surface area contributed by atoms with E-state index >= 15 is 0 Å². The van der Waals surface area contributed by atoms with Crippen LogP contribution in [-0.2, 0) is 4.74 Å². The topological polar surface area (TPSA) is 37.4 Å². The molecule has 0 amide bonds. The molecule has 0 bridgehead atoms. The Morgan fingerprint density at radius 2 is 2.08 bits per heavy atom. The van der Waals surface area contributed by atoms with Gasteiger partial charge in [-0.05, 0) is 35.9 Å². The highest BCUT2D eigenvalue weighted by atomic mass is 35.5. The number of aromatic nitrogens is 1. The highest BCUT2D eigenvalue weighted by Gasteiger charge is 2.26. The summed E-state index contributed by atoms with van der Waals surface area (Å²) in [5, 5.41) is 4.19. The van der Waals surface area contributed by atoms with Crippen LogP contribution in [0.15, 0.2) is 46.8 Å². The number of hydrogen-bond acceptors (Lipinski definition) is 6. The van der Waals surface area contributed by atoms with E-state index in [2.05, 4.69) is 39.5 Å². The predicted molar refractivity (Wildman–Crippen MR) is 112 cm³/mol. The molecule has 0 aliphatic carbocycles. The first kappa shape index (κ1) is 18.1. The monoisotopic (exact) mass is 405 g/mol. The summed E-state index contributed by atoms with van der Waals surface area (Å²) in [6, 6.07) is 14.3. The molecule has 136 valence electrons. The molecule has 1 aliphatic rings. The van der Waals surface area contributed by atoms with Gasteiger partial charge in [0.15, 0.2) is 4.34 Å². The lowest BCUT2D eigenvalue weighted by atomic mass is 10.2. The first-order chi connectivity index (χ1) is 12.6. The van der Waals surface area contributed by atoms with Crippen LogP contribution in [0.3, 0.4) is 0 Å². The minimum Gasteiger partial charge on any atom is -0.378 e. The maximum atomic E-state index is 6.17. The van der Waals surface area contributed by atoms with Gasteiger partial charge in [-0.2, -0.15) is 0 Å². The minimum atomic E-state index is -0.0361. The Bertz CT molecular complexity index is 897. The highest BCUT2D eigenvalue weighted by Crippen LogP contribution is 2.33. The molecule has 2 heterocycles. The van der Waals surface area contributed by atoms with Gasteiger partial charge in [0.25, 0.3) is 0 Å². The number of thiazole rings is 1. The highest BCUT2D eigenvalue weighted by molar-refractivity contribution is 8.01. The van der Waals surface area contributed by atoms with E-state index in [4.69, 9.17) is 16.3 Å². The van der Waals surface area contributed by atoms with Gasteiger partial charge in [-0.15, -0.1) is 11.3 Å². The normalized spacial score (nSPS) is 20.0. The fraction of sp³-hybridized carbons (Fsp3) is 0.316. The molecular formula is C19H20ClN3OS2. The van der Waals surface area contributed by atoms with Crippen LogP contribution >= 0.6 is 34.7 Å². The Balaban J connectivity index is 1.35. The zero-order valence-electron chi connectivity index (χ0n) is 14.6. The summed E-state index contributed by atoms with van der Waals surface area (Å²) in [7, 11) is 4.09. The van der Waals surface area contributed by atoms with Crippen LogP contribution in [0.25, 0.3) is 10.2 Å². The maximum Gasteiger partial charge on any atom is 0.151 e. The third-order valence-corrected chi connectivity index (χ3v) is 6.84. The number of fused-ring (bicyclic) bond motifs is 1. The smallest absolute Gasteiger partial charge is 0.151 e. The number of thioether (sulfide) groups is 1. The lowest BCUT2D eigenvalue weighted by Gasteiger charge is -2.16. The molecule has 0 saturated carbocycles. The average Bonchev–Trinajstić information content (AvgIpc) is 3.26. The van der Waals surface area contributed by atoms with E-state index in [9.17, 15) is 0 Å². The van der Waals surface area contributed by atoms with Gasteiger partial charge in [-0.25, -0.2) is 4.98 Å². The second-order valence-electron chi connectivity index (χ2n) is 6.44. The van der Waals surface area contributed by atoms with Gasteiger partial charge in [0.2, 0.25) is 0 Å². The Morgan fingerprint density at radius 1 is 1.27 bits per heavy atom. The van der Waals surface area contributed by atoms with E-state index in [1.165, 1.54) is 10.4 Å². The van der Waals surface area contributed by atoms with Crippen molar-refractivity contribution in [1.29, 1.82) is 0 Å². The summed E-state index contributed by atoms with van der Waals surface area (Å²) in [5.74, 6) is 0.882. The Morgan fingerprint density at radius 3 is 2.85 bits per heavy atom. The fourth-order valence-corrected chi connectivity index (χ4v) is 5.12. The first-order valence-corrected chi connectivity index (χ1v) is 10.6. The van der Waals surface area contributed by atoms with Crippen molar-refractivity contribution in [3.63, 3.8) is 0 Å². The molecule has 4 nitrogen and oxygen atoms in total. The third-order valence-electron chi connectivity index (χ3n) is 4.29. The van der Waals surface area contributed by atoms with E-state index in [1.807, 2.05) is 32.3 Å². The molecule has 0 spiro atoms. The Kier molecular flexibility index (Phi) is 5.38. The number of hydrogen-bond donors (Lipinski definition) is 1. The quantitative estimate of drug-likeness (QED) is 0.617. The van der Waals surface area contributed by atoms with Crippen molar-refractivity contribution in [2.75, 3.05) is 31.3 Å². The van der Waals surface area contributed by atoms with Crippen molar-refractivity contribution < 1.29 is 4.74 Å². The number of ether oxygens (including phenoxy) is 1. The summed E-state index contributed by atoms with van der Waals surface area (Å²) in [5.41, 5.74) is 3.32. The second kappa shape index (κ2) is 7.74. The number of halogens is 1. The first-order valence-electron chi connectivity index (χ1n) is 8.43. The molecule has 26 heavy (non-hydrogen) atoms. The number of anilines is 1. The number of nitrogens with one attached hydrogen (secondary N) is 1. The molecule has 4 rings (SSSR count). The molecule has 3 aromatic rings. The molecule has 2 atom stereocenters. The second-order valence-corrected chi connectivity index (χ2v) is 9.17. The number of nitrogens with zero attached hydrogens (tertiary/aromatic N) is 2. The van der Waals surface area contributed by atoms with E-state index in [1.54, 1.807) is 23.1 Å². The third kappa shape index (κ3) is 4.00. The van der Waals surface area contributed by atoms with E-state index in [0.29, 0.717) is 0 Å². The molecule has 7 heteroatoms. The molecular weight excluding hydrogens is 386 g/mol. The van der Waals surface area contributed by atoms with E-state index in [0.717, 1.165) is 32.7 Å². The molecule has 1 aromatic heterocycles. The van der Waals surface area contributed by atoms with E-state index < -0.39 is 0 Å². The van der Waals surface area contributed by atoms with Crippen LogP contribution in [0.5, 0.6) is 0 Å². The molecule has 1 N–H and O–H groups in total. The van der Waals surface area contributed by atoms with Crippen LogP contribution in [0, 0.1) is 0 Å². The largest absolute Gasteiger partial charge is 0.378 e. The number of rotatable bonds is 5. The Hall–Kier alpha value is -1.31. The van der Waals surface area contributed by atoms with Gasteiger partial charge >= 0.3 is 0 Å². The standard InChI is InChI=1S/C19H20ClN3OS2/c1-23(2)14-6-3-12(4-7-14)18-21-10-15(24-18)11-25-19-22-16-9-13(20)5-8-17(16)26-19/h3-9,15,18,21H,10-11H2,1-2H3/t15-,18-/m0/s1. The van der Waals surface area contributed by atoms with Crippen LogP contribution in [-0.4, -0.2) is 37.5 Å². The zero-order chi connectivity index (χ0) is 18.1. The SMILES string of the molecule is CN(C)c1ccc([C@H]2NC[C@@H](CSc3nc4cc(Cl)ccc4s3)O2)cc1. The molecule has 0 radical (unpaired) electrons. The van der Waals surface area contributed by atoms with Crippen molar-refractivity contribution in [2.45, 2.75) is 16.7 Å². The Labute approximate surface area is 166 Å². The predicted octanol–water partition coefficient (Wildman–Crippen LogP) is 4.80. The van der Waals surface area contributed by atoms with Gasteiger partial charge in [0.05, 0.1) is 16.3 Å². The summed E-state index contributed by atoms with van der Waals surface area (Å²) >= 11 is 9.49. The lowest BCUT2D eigenvalue weighted by Crippen LogP contribution is -2.16. The summed E-state index contributed by atoms with van der Waals surface area (Å²) in [6.45, 7) is 0.851. The molecule has 1 aliphatic heterocycles. The average molecular weight is 406 g/mol. The molecule has 1 fully saturated rings. The van der Waals surface area contributed by atoms with Crippen molar-refractivity contribution in [2.24, 2.45) is 0 Å². The maximum absolute atomic E-state index is 6.17. The van der Waals surface area contributed by atoms with Crippen molar-refractivity contribution >= 4 is 50.6 Å². The summed E-state index contributed by atoms with van der Waals surface area (Å²) in [6.07, 6.45) is 0.139. The van der Waals surface area contributed by atoms with Crippen molar-refractivity contribution in [1.82, 2.24) is 10.3 Å². The van der Waals surface area contributed by atoms with Crippen LogP contribution in [0.4, 0.5) is 5.69 Å². The van der Waals surface area contributed by atoms with Crippen LogP contribution < -0.4 is 10.2 Å². The zero-order valence-corrected chi connectivity index (χ0v) is 17.0.